The van der Waals surface area contributed by atoms with Gasteiger partial charge in [0.05, 0.1) is 0 Å². The molecule has 1 heterocycles. The summed E-state index contributed by atoms with van der Waals surface area (Å²) in [5.74, 6) is 4.48. The van der Waals surface area contributed by atoms with Gasteiger partial charge in [0.1, 0.15) is 10.5 Å². The van der Waals surface area contributed by atoms with Crippen LogP contribution in [0.1, 0.15) is 61.9 Å². The van der Waals surface area contributed by atoms with Crippen molar-refractivity contribution in [1.29, 1.82) is 0 Å². The van der Waals surface area contributed by atoms with Crippen molar-refractivity contribution in [2.75, 3.05) is 0 Å². The predicted molar refractivity (Wildman–Crippen MR) is 69.6 cm³/mol. The molecule has 1 aromatic heterocycles. The zero-order valence-electron chi connectivity index (χ0n) is 9.98. The Labute approximate surface area is 107 Å². The van der Waals surface area contributed by atoms with Crippen LogP contribution in [0, 0.1) is 16.5 Å². The van der Waals surface area contributed by atoms with Crippen molar-refractivity contribution in [3.63, 3.8) is 0 Å². The molecule has 3 atom stereocenters. The van der Waals surface area contributed by atoms with Crippen molar-refractivity contribution in [1.82, 2.24) is 9.97 Å². The van der Waals surface area contributed by atoms with Crippen molar-refractivity contribution in [2.24, 2.45) is 11.8 Å². The second-order valence-electron chi connectivity index (χ2n) is 6.12. The number of aromatic amines is 1. The van der Waals surface area contributed by atoms with Crippen LogP contribution in [-0.2, 0) is 0 Å². The van der Waals surface area contributed by atoms with Gasteiger partial charge < -0.3 is 4.98 Å². The summed E-state index contributed by atoms with van der Waals surface area (Å²) in [6.45, 7) is 0. The van der Waals surface area contributed by atoms with Gasteiger partial charge in [-0.2, -0.15) is 0 Å². The number of nitrogens with zero attached hydrogens (tertiary/aromatic N) is 1. The fraction of sp³-hybridized carbons (Fsp3) is 0.714. The number of hydrogen-bond donors (Lipinski definition) is 1. The number of fused-ring (bicyclic) bond motifs is 2. The van der Waals surface area contributed by atoms with Gasteiger partial charge in [0.2, 0.25) is 0 Å². The summed E-state index contributed by atoms with van der Waals surface area (Å²) in [4.78, 5) is 8.20. The quantitative estimate of drug-likeness (QED) is 0.801. The van der Waals surface area contributed by atoms with Gasteiger partial charge in [-0.05, 0) is 55.9 Å². The molecular weight excluding hydrogens is 228 g/mol. The van der Waals surface area contributed by atoms with Crippen LogP contribution in [0.2, 0.25) is 0 Å². The normalized spacial score (nSPS) is 35.4. The Bertz CT molecular complexity index is 503. The molecule has 0 amide bonds. The van der Waals surface area contributed by atoms with Gasteiger partial charge in [0, 0.05) is 11.6 Å². The van der Waals surface area contributed by atoms with Crippen molar-refractivity contribution in [3.8, 4) is 0 Å². The van der Waals surface area contributed by atoms with Gasteiger partial charge in [0.15, 0.2) is 0 Å². The lowest BCUT2D eigenvalue weighted by Crippen LogP contribution is -2.13. The van der Waals surface area contributed by atoms with E-state index in [2.05, 4.69) is 16.0 Å². The summed E-state index contributed by atoms with van der Waals surface area (Å²) in [6.07, 6.45) is 8.28. The SMILES string of the molecule is S=c1cc(C2CC2)[nH]c(C2CC3CCC2C3)n1. The van der Waals surface area contributed by atoms with Crippen molar-refractivity contribution in [3.05, 3.63) is 22.2 Å². The highest BCUT2D eigenvalue weighted by atomic mass is 32.1. The molecule has 3 saturated carbocycles. The van der Waals surface area contributed by atoms with Crippen LogP contribution in [0.15, 0.2) is 6.07 Å². The minimum Gasteiger partial charge on any atom is -0.347 e. The Kier molecular flexibility index (Phi) is 2.20. The van der Waals surface area contributed by atoms with Crippen LogP contribution >= 0.6 is 12.2 Å². The van der Waals surface area contributed by atoms with E-state index in [9.17, 15) is 0 Å². The highest BCUT2D eigenvalue weighted by molar-refractivity contribution is 7.71. The molecule has 3 unspecified atom stereocenters. The molecule has 3 fully saturated rings. The third-order valence-corrected chi connectivity index (χ3v) is 5.10. The van der Waals surface area contributed by atoms with Gasteiger partial charge in [-0.1, -0.05) is 18.6 Å². The molecule has 3 aliphatic rings. The maximum atomic E-state index is 5.32. The lowest BCUT2D eigenvalue weighted by molar-refractivity contribution is 0.404. The monoisotopic (exact) mass is 246 g/mol. The average molecular weight is 246 g/mol. The van der Waals surface area contributed by atoms with Crippen molar-refractivity contribution < 1.29 is 0 Å². The fourth-order valence-corrected chi connectivity index (χ4v) is 4.09. The maximum absolute atomic E-state index is 5.32. The Balaban J connectivity index is 1.70. The minimum absolute atomic E-state index is 0.675. The Morgan fingerprint density at radius 2 is 2.06 bits per heavy atom. The Hall–Kier alpha value is -0.700. The maximum Gasteiger partial charge on any atom is 0.130 e. The van der Waals surface area contributed by atoms with Crippen LogP contribution < -0.4 is 0 Å². The first-order valence-corrected chi connectivity index (χ1v) is 7.31. The molecule has 0 spiro atoms. The molecule has 4 rings (SSSR count). The van der Waals surface area contributed by atoms with E-state index in [1.54, 1.807) is 0 Å². The highest BCUT2D eigenvalue weighted by Gasteiger charge is 2.41. The summed E-state index contributed by atoms with van der Waals surface area (Å²) in [7, 11) is 0. The Morgan fingerprint density at radius 3 is 2.71 bits per heavy atom. The zero-order chi connectivity index (χ0) is 11.4. The number of H-pyrrole nitrogens is 1. The fourth-order valence-electron chi connectivity index (χ4n) is 3.87. The second kappa shape index (κ2) is 3.64. The van der Waals surface area contributed by atoms with Gasteiger partial charge in [-0.15, -0.1) is 0 Å². The average Bonchev–Trinajstić information content (AvgIpc) is 2.97. The topological polar surface area (TPSA) is 28.7 Å². The predicted octanol–water partition coefficient (Wildman–Crippen LogP) is 3.92. The van der Waals surface area contributed by atoms with Crippen LogP contribution in [0.3, 0.4) is 0 Å². The molecule has 0 aliphatic heterocycles. The van der Waals surface area contributed by atoms with E-state index in [0.717, 1.165) is 22.4 Å². The molecule has 2 bridgehead atoms. The summed E-state index contributed by atoms with van der Waals surface area (Å²) in [5.41, 5.74) is 1.35. The molecular formula is C14H18N2S. The number of aromatic nitrogens is 2. The lowest BCUT2D eigenvalue weighted by Gasteiger charge is -2.21. The Morgan fingerprint density at radius 1 is 1.18 bits per heavy atom. The number of nitrogens with one attached hydrogen (secondary N) is 1. The second-order valence-corrected chi connectivity index (χ2v) is 6.53. The molecule has 90 valence electrons. The van der Waals surface area contributed by atoms with E-state index in [-0.39, 0.29) is 0 Å². The van der Waals surface area contributed by atoms with Gasteiger partial charge in [-0.3, -0.25) is 0 Å². The van der Waals surface area contributed by atoms with Gasteiger partial charge in [-0.25, -0.2) is 4.98 Å². The third-order valence-electron chi connectivity index (χ3n) is 4.89. The van der Waals surface area contributed by atoms with E-state index >= 15 is 0 Å². The van der Waals surface area contributed by atoms with E-state index in [4.69, 9.17) is 12.2 Å². The van der Waals surface area contributed by atoms with E-state index < -0.39 is 0 Å². The van der Waals surface area contributed by atoms with Crippen LogP contribution in [0.4, 0.5) is 0 Å². The molecule has 17 heavy (non-hydrogen) atoms. The molecule has 0 saturated heterocycles. The molecule has 0 radical (unpaired) electrons. The first-order chi connectivity index (χ1) is 8.29. The van der Waals surface area contributed by atoms with Gasteiger partial charge in [0.25, 0.3) is 0 Å². The van der Waals surface area contributed by atoms with E-state index in [1.165, 1.54) is 50.0 Å². The minimum atomic E-state index is 0.675. The molecule has 1 N–H and O–H groups in total. The highest BCUT2D eigenvalue weighted by Crippen LogP contribution is 2.52. The number of hydrogen-bond acceptors (Lipinski definition) is 2. The smallest absolute Gasteiger partial charge is 0.130 e. The van der Waals surface area contributed by atoms with Crippen LogP contribution in [0.5, 0.6) is 0 Å². The molecule has 2 nitrogen and oxygen atoms in total. The van der Waals surface area contributed by atoms with Crippen molar-refractivity contribution >= 4 is 12.2 Å². The summed E-state index contributed by atoms with van der Waals surface area (Å²) in [6, 6.07) is 2.07. The summed E-state index contributed by atoms with van der Waals surface area (Å²) < 4.78 is 0.795. The number of rotatable bonds is 2. The molecule has 1 aromatic rings. The molecule has 3 heteroatoms. The molecule has 3 aliphatic carbocycles. The van der Waals surface area contributed by atoms with Gasteiger partial charge >= 0.3 is 0 Å². The standard InChI is InChI=1S/C14H18N2S/c17-13-7-12(9-3-4-9)15-14(16-13)11-6-8-1-2-10(11)5-8/h7-11H,1-6H2,(H,15,16,17). The third kappa shape index (κ3) is 1.75. The summed E-state index contributed by atoms with van der Waals surface area (Å²) in [5, 5.41) is 0. The lowest BCUT2D eigenvalue weighted by atomic mass is 9.88. The van der Waals surface area contributed by atoms with Crippen LogP contribution in [-0.4, -0.2) is 9.97 Å². The largest absolute Gasteiger partial charge is 0.347 e. The van der Waals surface area contributed by atoms with E-state index in [1.807, 2.05) is 0 Å². The first-order valence-electron chi connectivity index (χ1n) is 6.91. The van der Waals surface area contributed by atoms with Crippen LogP contribution in [0.25, 0.3) is 0 Å². The van der Waals surface area contributed by atoms with Crippen molar-refractivity contribution in [2.45, 2.75) is 50.4 Å². The molecule has 0 aromatic carbocycles. The van der Waals surface area contributed by atoms with E-state index in [0.29, 0.717) is 5.92 Å². The zero-order valence-corrected chi connectivity index (χ0v) is 10.8. The summed E-state index contributed by atoms with van der Waals surface area (Å²) >= 11 is 5.32. The first kappa shape index (κ1) is 10.2.